The minimum atomic E-state index is -1.63. The van der Waals surface area contributed by atoms with Crippen LogP contribution in [0.2, 0.25) is 0 Å². The lowest BCUT2D eigenvalue weighted by molar-refractivity contribution is 0.0676. The number of aromatic carboxylic acids is 4. The van der Waals surface area contributed by atoms with Crippen LogP contribution in [0.25, 0.3) is 0 Å². The molecule has 0 spiro atoms. The number of carbonyl (C=O) groups is 8. The summed E-state index contributed by atoms with van der Waals surface area (Å²) in [6.45, 7) is 4.88. The van der Waals surface area contributed by atoms with Crippen LogP contribution in [0.1, 0.15) is 123 Å². The third-order valence-corrected chi connectivity index (χ3v) is 11.0. The fourth-order valence-corrected chi connectivity index (χ4v) is 7.20. The number of nitrogens with two attached hydrogens (primary N) is 1. The number of benzene rings is 5. The Hall–Kier alpha value is -8.18. The Labute approximate surface area is 366 Å². The molecule has 0 bridgehead atoms. The van der Waals surface area contributed by atoms with Gasteiger partial charge in [-0.1, -0.05) is 51.1 Å². The number of carboxylic acids is 4. The molecule has 0 saturated carbocycles. The number of carboxylic acid groups (broad SMARTS) is 4. The summed E-state index contributed by atoms with van der Waals surface area (Å²) >= 11 is 0. The quantitative estimate of drug-likeness (QED) is 0.0348. The summed E-state index contributed by atoms with van der Waals surface area (Å²) in [5.41, 5.74) is 1.67. The van der Waals surface area contributed by atoms with E-state index in [1.807, 2.05) is 0 Å². The van der Waals surface area contributed by atoms with Crippen LogP contribution in [0.3, 0.4) is 0 Å². The average Bonchev–Trinajstić information content (AvgIpc) is 3.30. The molecule has 330 valence electrons. The lowest BCUT2D eigenvalue weighted by Gasteiger charge is -2.33. The molecule has 0 heterocycles. The summed E-state index contributed by atoms with van der Waals surface area (Å²) in [7, 11) is 0. The molecule has 10 N–H and O–H groups in total. The van der Waals surface area contributed by atoms with Crippen molar-refractivity contribution in [1.29, 1.82) is 0 Å². The summed E-state index contributed by atoms with van der Waals surface area (Å²) in [4.78, 5) is 104. The summed E-state index contributed by atoms with van der Waals surface area (Å²) in [5, 5.41) is 50.9. The number of amides is 2. The largest absolute Gasteiger partial charge is 0.478 e. The van der Waals surface area contributed by atoms with E-state index in [0.29, 0.717) is 17.1 Å². The Morgan fingerprint density at radius 2 is 0.750 bits per heavy atom. The predicted molar refractivity (Wildman–Crippen MR) is 237 cm³/mol. The highest BCUT2D eigenvalue weighted by Gasteiger charge is 2.40. The fourth-order valence-electron chi connectivity index (χ4n) is 7.20. The summed E-state index contributed by atoms with van der Waals surface area (Å²) in [6.07, 6.45) is 0.386. The van der Waals surface area contributed by atoms with Crippen molar-refractivity contribution >= 4 is 70.0 Å². The van der Waals surface area contributed by atoms with E-state index in [-0.39, 0.29) is 53.7 Å². The van der Waals surface area contributed by atoms with Crippen LogP contribution in [-0.4, -0.2) is 85.3 Å². The number of hydrogen-bond acceptors (Lipinski definition) is 11. The maximum absolute atomic E-state index is 14.5. The molecule has 0 saturated heterocycles. The first-order valence-corrected chi connectivity index (χ1v) is 19.9. The Balaban J connectivity index is 1.41. The molecule has 1 atom stereocenters. The standard InChI is InChI=1S/C47H45N5O12/c1-4-46(5-2,51-28-19-15-26(16-20-28)49-40(55)31-12-8-10-14-33(31)43(59)60)39(54)34-23-35(37(45(63)64)24-36(34)44(61)62)41(56)50-27-17-21-29(22-18-27)52-47(6-3,25-48)38(53)30-11-7-9-13-32(30)42(57)58/h7-24,51-52H,4-6,25,48H2,1-3H3,(H,49,55)(H,50,56)(H,57,58)(H,59,60)(H,61,62)(H,63,64). The molecule has 64 heavy (non-hydrogen) atoms. The Morgan fingerprint density at radius 3 is 1.17 bits per heavy atom. The van der Waals surface area contributed by atoms with Gasteiger partial charge in [0.1, 0.15) is 11.1 Å². The molecule has 0 aliphatic rings. The average molecular weight is 872 g/mol. The van der Waals surface area contributed by atoms with Crippen LogP contribution in [0.5, 0.6) is 0 Å². The first-order valence-electron chi connectivity index (χ1n) is 19.9. The van der Waals surface area contributed by atoms with Gasteiger partial charge in [0, 0.05) is 40.4 Å². The van der Waals surface area contributed by atoms with E-state index < -0.39 is 80.6 Å². The van der Waals surface area contributed by atoms with E-state index in [9.17, 15) is 58.8 Å². The van der Waals surface area contributed by atoms with E-state index in [0.717, 1.165) is 12.1 Å². The maximum atomic E-state index is 14.5. The van der Waals surface area contributed by atoms with Gasteiger partial charge in [0.25, 0.3) is 11.8 Å². The molecule has 0 radical (unpaired) electrons. The van der Waals surface area contributed by atoms with Crippen molar-refractivity contribution in [3.8, 4) is 0 Å². The molecule has 0 aromatic heterocycles. The number of carbonyl (C=O) groups excluding carboxylic acids is 4. The second-order valence-corrected chi connectivity index (χ2v) is 14.7. The van der Waals surface area contributed by atoms with Crippen LogP contribution < -0.4 is 27.0 Å². The van der Waals surface area contributed by atoms with Crippen LogP contribution in [0, 0.1) is 0 Å². The number of rotatable bonds is 20. The summed E-state index contributed by atoms with van der Waals surface area (Å²) < 4.78 is 0. The number of ketones is 2. The third-order valence-electron chi connectivity index (χ3n) is 11.0. The van der Waals surface area contributed by atoms with Gasteiger partial charge in [0.2, 0.25) is 0 Å². The number of Topliss-reactive ketones (excluding diaryl/α,β-unsaturated/α-hetero) is 2. The van der Waals surface area contributed by atoms with Crippen molar-refractivity contribution in [1.82, 2.24) is 0 Å². The third kappa shape index (κ3) is 9.79. The van der Waals surface area contributed by atoms with Crippen molar-refractivity contribution in [2.24, 2.45) is 5.73 Å². The molecule has 0 fully saturated rings. The maximum Gasteiger partial charge on any atom is 0.336 e. The normalized spacial score (nSPS) is 11.9. The Kier molecular flexibility index (Phi) is 14.4. The van der Waals surface area contributed by atoms with Crippen LogP contribution in [-0.2, 0) is 0 Å². The summed E-state index contributed by atoms with van der Waals surface area (Å²) in [5.74, 6) is -8.75. The highest BCUT2D eigenvalue weighted by molar-refractivity contribution is 6.17. The number of anilines is 4. The second kappa shape index (κ2) is 19.7. The fraction of sp³-hybridized carbons (Fsp3) is 0.191. The van der Waals surface area contributed by atoms with Gasteiger partial charge < -0.3 is 47.4 Å². The van der Waals surface area contributed by atoms with Crippen molar-refractivity contribution in [3.63, 3.8) is 0 Å². The minimum Gasteiger partial charge on any atom is -0.478 e. The van der Waals surface area contributed by atoms with Gasteiger partial charge >= 0.3 is 23.9 Å². The molecule has 5 aromatic carbocycles. The first kappa shape index (κ1) is 46.9. The first-order chi connectivity index (χ1) is 30.4. The van der Waals surface area contributed by atoms with Crippen molar-refractivity contribution in [3.05, 3.63) is 154 Å². The Bertz CT molecular complexity index is 2650. The molecule has 5 aromatic rings. The molecule has 17 nitrogen and oxygen atoms in total. The van der Waals surface area contributed by atoms with E-state index in [1.54, 1.807) is 39.0 Å². The molecule has 5 rings (SSSR count). The lowest BCUT2D eigenvalue weighted by atomic mass is 9.81. The number of nitrogens with one attached hydrogen (secondary N) is 4. The molecule has 1 unspecified atom stereocenters. The Morgan fingerprint density at radius 1 is 0.422 bits per heavy atom. The van der Waals surface area contributed by atoms with Gasteiger partial charge in [-0.2, -0.15) is 0 Å². The van der Waals surface area contributed by atoms with Gasteiger partial charge in [-0.25, -0.2) is 19.2 Å². The van der Waals surface area contributed by atoms with Gasteiger partial charge in [-0.3, -0.25) is 19.2 Å². The number of hydrogen-bond donors (Lipinski definition) is 9. The van der Waals surface area contributed by atoms with Gasteiger partial charge in [-0.05, 0) is 98.1 Å². The van der Waals surface area contributed by atoms with Crippen LogP contribution >= 0.6 is 0 Å². The zero-order valence-corrected chi connectivity index (χ0v) is 34.9. The molecule has 0 aliphatic carbocycles. The molecule has 0 aliphatic heterocycles. The van der Waals surface area contributed by atoms with Crippen LogP contribution in [0.4, 0.5) is 22.7 Å². The van der Waals surface area contributed by atoms with Crippen LogP contribution in [0.15, 0.2) is 109 Å². The zero-order valence-electron chi connectivity index (χ0n) is 34.9. The lowest BCUT2D eigenvalue weighted by Crippen LogP contribution is -2.52. The molecular formula is C47H45N5O12. The second-order valence-electron chi connectivity index (χ2n) is 14.7. The zero-order chi connectivity index (χ0) is 46.9. The van der Waals surface area contributed by atoms with E-state index >= 15 is 0 Å². The molecular weight excluding hydrogens is 827 g/mol. The molecule has 2 amide bonds. The van der Waals surface area contributed by atoms with Gasteiger partial charge in [-0.15, -0.1) is 0 Å². The molecule has 17 heteroatoms. The highest BCUT2D eigenvalue weighted by atomic mass is 16.4. The smallest absolute Gasteiger partial charge is 0.336 e. The van der Waals surface area contributed by atoms with Crippen molar-refractivity contribution < 1.29 is 58.8 Å². The summed E-state index contributed by atoms with van der Waals surface area (Å²) in [6, 6.07) is 25.2. The minimum absolute atomic E-state index is 0.0362. The van der Waals surface area contributed by atoms with Gasteiger partial charge in [0.05, 0.1) is 33.4 Å². The monoisotopic (exact) mass is 871 g/mol. The highest BCUT2D eigenvalue weighted by Crippen LogP contribution is 2.32. The van der Waals surface area contributed by atoms with E-state index in [4.69, 9.17) is 5.73 Å². The van der Waals surface area contributed by atoms with E-state index in [1.165, 1.54) is 78.9 Å². The predicted octanol–water partition coefficient (Wildman–Crippen LogP) is 7.24. The topological polar surface area (TPSA) is 292 Å². The van der Waals surface area contributed by atoms with E-state index in [2.05, 4.69) is 21.3 Å². The van der Waals surface area contributed by atoms with Crippen molar-refractivity contribution in [2.75, 3.05) is 27.8 Å². The van der Waals surface area contributed by atoms with Crippen molar-refractivity contribution in [2.45, 2.75) is 51.1 Å². The SMILES string of the molecule is CCC(CC)(Nc1ccc(NC(=O)c2ccccc2C(=O)O)cc1)C(=O)c1cc(C(=O)Nc2ccc(NC(CC)(CN)C(=O)c3ccccc3C(=O)O)cc2)c(C(=O)O)cc1C(=O)O. The van der Waals surface area contributed by atoms with Gasteiger partial charge in [0.15, 0.2) is 11.6 Å².